The molecule has 0 spiro atoms. The van der Waals surface area contributed by atoms with Gasteiger partial charge in [-0.3, -0.25) is 9.69 Å². The molecule has 1 aromatic carbocycles. The molecule has 1 amide bonds. The SMILES string of the molecule is CN(C(=O)c1ccc2c(c1)NCC2)c1ccccn1. The number of pyridine rings is 1. The van der Waals surface area contributed by atoms with Gasteiger partial charge >= 0.3 is 0 Å². The smallest absolute Gasteiger partial charge is 0.259 e. The number of amides is 1. The van der Waals surface area contributed by atoms with E-state index in [0.29, 0.717) is 11.4 Å². The second kappa shape index (κ2) is 4.72. The number of carbonyl (C=O) groups excluding carboxylic acids is 1. The monoisotopic (exact) mass is 253 g/mol. The van der Waals surface area contributed by atoms with E-state index in [1.165, 1.54) is 5.56 Å². The van der Waals surface area contributed by atoms with Crippen LogP contribution in [0.15, 0.2) is 42.6 Å². The van der Waals surface area contributed by atoms with Crippen molar-refractivity contribution in [3.05, 3.63) is 53.7 Å². The highest BCUT2D eigenvalue weighted by Gasteiger charge is 2.17. The van der Waals surface area contributed by atoms with Crippen LogP contribution in [0.2, 0.25) is 0 Å². The van der Waals surface area contributed by atoms with Gasteiger partial charge in [0.05, 0.1) is 0 Å². The Morgan fingerprint density at radius 1 is 1.32 bits per heavy atom. The number of rotatable bonds is 2. The van der Waals surface area contributed by atoms with Gasteiger partial charge in [0.25, 0.3) is 5.91 Å². The van der Waals surface area contributed by atoms with Crippen molar-refractivity contribution >= 4 is 17.4 Å². The molecule has 0 saturated heterocycles. The summed E-state index contributed by atoms with van der Waals surface area (Å²) < 4.78 is 0. The van der Waals surface area contributed by atoms with Crippen LogP contribution < -0.4 is 10.2 Å². The highest BCUT2D eigenvalue weighted by atomic mass is 16.2. The lowest BCUT2D eigenvalue weighted by Crippen LogP contribution is -2.27. The van der Waals surface area contributed by atoms with Crippen LogP contribution in [0.25, 0.3) is 0 Å². The summed E-state index contributed by atoms with van der Waals surface area (Å²) in [6.45, 7) is 0.947. The molecule has 0 saturated carbocycles. The molecule has 2 heterocycles. The Bertz CT molecular complexity index is 610. The van der Waals surface area contributed by atoms with Crippen LogP contribution in [0.5, 0.6) is 0 Å². The van der Waals surface area contributed by atoms with E-state index in [-0.39, 0.29) is 5.91 Å². The lowest BCUT2D eigenvalue weighted by molar-refractivity contribution is 0.0992. The second-order valence-corrected chi connectivity index (χ2v) is 4.60. The van der Waals surface area contributed by atoms with E-state index in [0.717, 1.165) is 18.7 Å². The molecule has 0 aliphatic carbocycles. The van der Waals surface area contributed by atoms with Gasteiger partial charge in [-0.1, -0.05) is 12.1 Å². The van der Waals surface area contributed by atoms with Gasteiger partial charge in [0.2, 0.25) is 0 Å². The van der Waals surface area contributed by atoms with Crippen molar-refractivity contribution in [3.8, 4) is 0 Å². The van der Waals surface area contributed by atoms with Crippen LogP contribution in [-0.4, -0.2) is 24.5 Å². The van der Waals surface area contributed by atoms with Crippen LogP contribution in [0.1, 0.15) is 15.9 Å². The van der Waals surface area contributed by atoms with Crippen molar-refractivity contribution in [1.82, 2.24) is 4.98 Å². The van der Waals surface area contributed by atoms with Crippen LogP contribution in [0, 0.1) is 0 Å². The zero-order valence-corrected chi connectivity index (χ0v) is 10.8. The number of benzene rings is 1. The van der Waals surface area contributed by atoms with Crippen molar-refractivity contribution in [1.29, 1.82) is 0 Å². The first-order valence-electron chi connectivity index (χ1n) is 6.31. The van der Waals surface area contributed by atoms with E-state index >= 15 is 0 Å². The minimum absolute atomic E-state index is 0.0461. The number of nitrogens with one attached hydrogen (secondary N) is 1. The van der Waals surface area contributed by atoms with Gasteiger partial charge in [-0.2, -0.15) is 0 Å². The third-order valence-corrected chi connectivity index (χ3v) is 3.36. The molecule has 3 rings (SSSR count). The average molecular weight is 253 g/mol. The minimum atomic E-state index is -0.0461. The summed E-state index contributed by atoms with van der Waals surface area (Å²) in [7, 11) is 1.74. The average Bonchev–Trinajstić information content (AvgIpc) is 2.94. The summed E-state index contributed by atoms with van der Waals surface area (Å²) in [6.07, 6.45) is 2.71. The maximum atomic E-state index is 12.4. The van der Waals surface area contributed by atoms with E-state index in [9.17, 15) is 4.79 Å². The van der Waals surface area contributed by atoms with E-state index in [1.807, 2.05) is 36.4 Å². The topological polar surface area (TPSA) is 45.2 Å². The van der Waals surface area contributed by atoms with Gasteiger partial charge in [-0.25, -0.2) is 4.98 Å². The first-order valence-corrected chi connectivity index (χ1v) is 6.31. The molecule has 1 aliphatic heterocycles. The summed E-state index contributed by atoms with van der Waals surface area (Å²) in [5.41, 5.74) is 3.03. The fourth-order valence-electron chi connectivity index (χ4n) is 2.27. The number of hydrogen-bond donors (Lipinski definition) is 1. The van der Waals surface area contributed by atoms with Crippen molar-refractivity contribution in [2.45, 2.75) is 6.42 Å². The normalized spacial score (nSPS) is 12.7. The molecule has 2 aromatic rings. The van der Waals surface area contributed by atoms with Gasteiger partial charge in [0, 0.05) is 31.0 Å². The number of anilines is 2. The van der Waals surface area contributed by atoms with Crippen LogP contribution in [0.4, 0.5) is 11.5 Å². The molecule has 4 heteroatoms. The van der Waals surface area contributed by atoms with Crippen molar-refractivity contribution in [3.63, 3.8) is 0 Å². The van der Waals surface area contributed by atoms with Crippen LogP contribution >= 0.6 is 0 Å². The van der Waals surface area contributed by atoms with E-state index in [1.54, 1.807) is 18.1 Å². The molecular formula is C15H15N3O. The second-order valence-electron chi connectivity index (χ2n) is 4.60. The molecular weight excluding hydrogens is 238 g/mol. The first-order chi connectivity index (χ1) is 9.25. The standard InChI is InChI=1S/C15H15N3O/c1-18(14-4-2-3-8-17-14)15(19)12-6-5-11-7-9-16-13(11)10-12/h2-6,8,10,16H,7,9H2,1H3. The number of fused-ring (bicyclic) bond motifs is 1. The fraction of sp³-hybridized carbons (Fsp3) is 0.200. The Morgan fingerprint density at radius 2 is 2.21 bits per heavy atom. The Balaban J connectivity index is 1.88. The van der Waals surface area contributed by atoms with Gasteiger partial charge in [-0.15, -0.1) is 0 Å². The molecule has 0 bridgehead atoms. The molecule has 0 atom stereocenters. The predicted octanol–water partition coefficient (Wildman–Crippen LogP) is 2.33. The maximum Gasteiger partial charge on any atom is 0.259 e. The Kier molecular flexibility index (Phi) is 2.91. The summed E-state index contributed by atoms with van der Waals surface area (Å²) in [5.74, 6) is 0.608. The van der Waals surface area contributed by atoms with E-state index in [2.05, 4.69) is 10.3 Å². The van der Waals surface area contributed by atoms with Gasteiger partial charge < -0.3 is 5.32 Å². The third-order valence-electron chi connectivity index (χ3n) is 3.36. The molecule has 1 aromatic heterocycles. The Hall–Kier alpha value is -2.36. The fourth-order valence-corrected chi connectivity index (χ4v) is 2.27. The Labute approximate surface area is 112 Å². The van der Waals surface area contributed by atoms with Gasteiger partial charge in [0.15, 0.2) is 0 Å². The summed E-state index contributed by atoms with van der Waals surface area (Å²) in [4.78, 5) is 18.2. The zero-order valence-electron chi connectivity index (χ0n) is 10.8. The van der Waals surface area contributed by atoms with Gasteiger partial charge in [0.1, 0.15) is 5.82 Å². The van der Waals surface area contributed by atoms with Crippen molar-refractivity contribution < 1.29 is 4.79 Å². The molecule has 4 nitrogen and oxygen atoms in total. The summed E-state index contributed by atoms with van der Waals surface area (Å²) in [5, 5.41) is 3.29. The third kappa shape index (κ3) is 2.17. The lowest BCUT2D eigenvalue weighted by Gasteiger charge is -2.16. The number of aromatic nitrogens is 1. The lowest BCUT2D eigenvalue weighted by atomic mass is 10.1. The molecule has 1 aliphatic rings. The Morgan fingerprint density at radius 3 is 3.00 bits per heavy atom. The van der Waals surface area contributed by atoms with Crippen molar-refractivity contribution in [2.75, 3.05) is 23.8 Å². The van der Waals surface area contributed by atoms with Crippen molar-refractivity contribution in [2.24, 2.45) is 0 Å². The molecule has 0 radical (unpaired) electrons. The molecule has 19 heavy (non-hydrogen) atoms. The first kappa shape index (κ1) is 11.7. The quantitative estimate of drug-likeness (QED) is 0.893. The maximum absolute atomic E-state index is 12.4. The highest BCUT2D eigenvalue weighted by molar-refractivity contribution is 6.05. The number of hydrogen-bond acceptors (Lipinski definition) is 3. The summed E-state index contributed by atoms with van der Waals surface area (Å²) in [6, 6.07) is 11.4. The summed E-state index contributed by atoms with van der Waals surface area (Å²) >= 11 is 0. The molecule has 1 N–H and O–H groups in total. The molecule has 0 unspecified atom stereocenters. The number of nitrogens with zero attached hydrogens (tertiary/aromatic N) is 2. The van der Waals surface area contributed by atoms with Crippen LogP contribution in [0.3, 0.4) is 0 Å². The molecule has 96 valence electrons. The van der Waals surface area contributed by atoms with E-state index < -0.39 is 0 Å². The van der Waals surface area contributed by atoms with Gasteiger partial charge in [-0.05, 0) is 36.2 Å². The zero-order chi connectivity index (χ0) is 13.2. The largest absolute Gasteiger partial charge is 0.384 e. The minimum Gasteiger partial charge on any atom is -0.384 e. The van der Waals surface area contributed by atoms with Crippen LogP contribution in [-0.2, 0) is 6.42 Å². The highest BCUT2D eigenvalue weighted by Crippen LogP contribution is 2.24. The number of carbonyl (C=O) groups is 1. The predicted molar refractivity (Wildman–Crippen MR) is 75.6 cm³/mol. The van der Waals surface area contributed by atoms with E-state index in [4.69, 9.17) is 0 Å². The molecule has 0 fully saturated rings.